The summed E-state index contributed by atoms with van der Waals surface area (Å²) in [6.45, 7) is 2.11. The monoisotopic (exact) mass is 453 g/mol. The van der Waals surface area contributed by atoms with Crippen molar-refractivity contribution >= 4 is 29.1 Å². The summed E-state index contributed by atoms with van der Waals surface area (Å²) in [6.07, 6.45) is 1.47. The van der Waals surface area contributed by atoms with Crippen molar-refractivity contribution in [3.8, 4) is 11.5 Å². The van der Waals surface area contributed by atoms with Crippen molar-refractivity contribution in [3.63, 3.8) is 0 Å². The molecule has 7 nitrogen and oxygen atoms in total. The van der Waals surface area contributed by atoms with Crippen LogP contribution in [0.3, 0.4) is 0 Å². The fourth-order valence-corrected chi connectivity index (χ4v) is 3.82. The predicted octanol–water partition coefficient (Wildman–Crippen LogP) is 4.66. The van der Waals surface area contributed by atoms with Crippen LogP contribution in [0.2, 0.25) is 5.02 Å². The molecule has 0 bridgehead atoms. The van der Waals surface area contributed by atoms with Gasteiger partial charge in [-0.2, -0.15) is 0 Å². The fourth-order valence-electron chi connectivity index (χ4n) is 3.70. The molecule has 1 aliphatic rings. The van der Waals surface area contributed by atoms with Crippen LogP contribution in [-0.4, -0.2) is 33.4 Å². The molecule has 1 aliphatic heterocycles. The van der Waals surface area contributed by atoms with Gasteiger partial charge in [-0.25, -0.2) is 0 Å². The molecular formula is C24H20ClNO6. The number of hydrogen-bond donors (Lipinski definition) is 2. The number of rotatable bonds is 6. The number of aromatic hydroxyl groups is 1. The first-order chi connectivity index (χ1) is 15.4. The number of carbonyl (C=O) groups excluding carboxylic acids is 2. The molecule has 2 N–H and O–H groups in total. The summed E-state index contributed by atoms with van der Waals surface area (Å²) in [4.78, 5) is 27.3. The molecule has 4 rings (SSSR count). The standard InChI is InChI=1S/C24H20ClNO6/c1-2-31-19-12-15(7-10-18(19)27)21-20(22(28)14-5-8-16(25)9-6-14)23(29)24(30)26(21)13-17-4-3-11-32-17/h3-12,21,27-28H,2,13H2,1H3/t21-/m0/s1. The Bertz CT molecular complexity index is 1180. The SMILES string of the molecule is CCOc1cc([C@H]2C(=C(O)c3ccc(Cl)cc3)C(=O)C(=O)N2Cc2ccco2)ccc1O. The van der Waals surface area contributed by atoms with Crippen molar-refractivity contribution in [1.82, 2.24) is 4.90 Å². The molecule has 3 aromatic rings. The number of carbonyl (C=O) groups is 2. The second-order valence-corrected chi connectivity index (χ2v) is 7.61. The first-order valence-electron chi connectivity index (χ1n) is 9.93. The summed E-state index contributed by atoms with van der Waals surface area (Å²) >= 11 is 5.94. The number of phenols is 1. The molecule has 164 valence electrons. The highest BCUT2D eigenvalue weighted by atomic mass is 35.5. The number of phenolic OH excluding ortho intramolecular Hbond substituents is 1. The summed E-state index contributed by atoms with van der Waals surface area (Å²) < 4.78 is 10.9. The summed E-state index contributed by atoms with van der Waals surface area (Å²) in [6, 6.07) is 13.3. The maximum atomic E-state index is 13.0. The quantitative estimate of drug-likeness (QED) is 0.320. The first-order valence-corrected chi connectivity index (χ1v) is 10.3. The molecule has 1 atom stereocenters. The van der Waals surface area contributed by atoms with Gasteiger partial charge in [0, 0.05) is 10.6 Å². The minimum Gasteiger partial charge on any atom is -0.507 e. The van der Waals surface area contributed by atoms with Gasteiger partial charge in [0.25, 0.3) is 11.7 Å². The van der Waals surface area contributed by atoms with E-state index in [2.05, 4.69) is 0 Å². The maximum Gasteiger partial charge on any atom is 0.296 e. The molecule has 8 heteroatoms. The topological polar surface area (TPSA) is 100 Å². The van der Waals surface area contributed by atoms with Gasteiger partial charge in [-0.15, -0.1) is 0 Å². The minimum absolute atomic E-state index is 0.0183. The maximum absolute atomic E-state index is 13.0. The van der Waals surface area contributed by atoms with Gasteiger partial charge in [0.15, 0.2) is 11.5 Å². The zero-order valence-corrected chi connectivity index (χ0v) is 17.9. The lowest BCUT2D eigenvalue weighted by Gasteiger charge is -2.25. The number of aliphatic hydroxyl groups excluding tert-OH is 1. The van der Waals surface area contributed by atoms with Gasteiger partial charge in [-0.3, -0.25) is 9.59 Å². The van der Waals surface area contributed by atoms with Crippen LogP contribution in [0.1, 0.15) is 29.9 Å². The third-order valence-corrected chi connectivity index (χ3v) is 5.42. The molecule has 0 spiro atoms. The highest BCUT2D eigenvalue weighted by Crippen LogP contribution is 2.42. The van der Waals surface area contributed by atoms with Crippen LogP contribution in [0.5, 0.6) is 11.5 Å². The second-order valence-electron chi connectivity index (χ2n) is 7.17. The van der Waals surface area contributed by atoms with Gasteiger partial charge in [-0.05, 0) is 61.0 Å². The summed E-state index contributed by atoms with van der Waals surface area (Å²) in [5.74, 6) is -1.30. The van der Waals surface area contributed by atoms with Crippen LogP contribution in [0, 0.1) is 0 Å². The van der Waals surface area contributed by atoms with E-state index in [1.165, 1.54) is 17.2 Å². The number of benzene rings is 2. The largest absolute Gasteiger partial charge is 0.507 e. The highest BCUT2D eigenvalue weighted by Gasteiger charge is 2.46. The van der Waals surface area contributed by atoms with E-state index in [4.69, 9.17) is 20.8 Å². The zero-order valence-electron chi connectivity index (χ0n) is 17.1. The highest BCUT2D eigenvalue weighted by molar-refractivity contribution is 6.46. The Morgan fingerprint density at radius 2 is 1.91 bits per heavy atom. The summed E-state index contributed by atoms with van der Waals surface area (Å²) in [7, 11) is 0. The van der Waals surface area contributed by atoms with Crippen molar-refractivity contribution in [1.29, 1.82) is 0 Å². The molecule has 1 amide bonds. The number of nitrogens with zero attached hydrogens (tertiary/aromatic N) is 1. The smallest absolute Gasteiger partial charge is 0.296 e. The van der Waals surface area contributed by atoms with Crippen molar-refractivity contribution in [2.24, 2.45) is 0 Å². The van der Waals surface area contributed by atoms with E-state index in [0.29, 0.717) is 28.5 Å². The van der Waals surface area contributed by atoms with Crippen molar-refractivity contribution in [2.75, 3.05) is 6.61 Å². The van der Waals surface area contributed by atoms with E-state index >= 15 is 0 Å². The van der Waals surface area contributed by atoms with Crippen molar-refractivity contribution in [2.45, 2.75) is 19.5 Å². The molecule has 2 heterocycles. The van der Waals surface area contributed by atoms with Crippen LogP contribution < -0.4 is 4.74 Å². The van der Waals surface area contributed by atoms with Gasteiger partial charge in [-0.1, -0.05) is 17.7 Å². The lowest BCUT2D eigenvalue weighted by molar-refractivity contribution is -0.140. The van der Waals surface area contributed by atoms with Crippen LogP contribution in [0.15, 0.2) is 70.9 Å². The van der Waals surface area contributed by atoms with E-state index in [9.17, 15) is 19.8 Å². The van der Waals surface area contributed by atoms with Gasteiger partial charge >= 0.3 is 0 Å². The molecule has 1 fully saturated rings. The number of hydrogen-bond acceptors (Lipinski definition) is 6. The Balaban J connectivity index is 1.88. The van der Waals surface area contributed by atoms with E-state index in [-0.39, 0.29) is 29.4 Å². The number of aliphatic hydroxyl groups is 1. The number of likely N-dealkylation sites (tertiary alicyclic amines) is 1. The van der Waals surface area contributed by atoms with Crippen LogP contribution >= 0.6 is 11.6 Å². The van der Waals surface area contributed by atoms with E-state index in [1.807, 2.05) is 0 Å². The third-order valence-electron chi connectivity index (χ3n) is 5.16. The van der Waals surface area contributed by atoms with Crippen LogP contribution in [0.25, 0.3) is 5.76 Å². The van der Waals surface area contributed by atoms with Gasteiger partial charge in [0.05, 0.1) is 31.0 Å². The Kier molecular flexibility index (Phi) is 5.92. The van der Waals surface area contributed by atoms with Gasteiger partial charge in [0.2, 0.25) is 0 Å². The number of amides is 1. The Morgan fingerprint density at radius 1 is 1.16 bits per heavy atom. The third kappa shape index (κ3) is 3.94. The molecule has 0 unspecified atom stereocenters. The number of furan rings is 1. The minimum atomic E-state index is -0.921. The second kappa shape index (κ2) is 8.80. The first kappa shape index (κ1) is 21.5. The molecule has 32 heavy (non-hydrogen) atoms. The molecule has 0 aliphatic carbocycles. The average molecular weight is 454 g/mol. The number of ether oxygens (including phenoxy) is 1. The molecule has 0 saturated carbocycles. The van der Waals surface area contributed by atoms with E-state index < -0.39 is 17.7 Å². The number of Topliss-reactive ketones (excluding diaryl/α,β-unsaturated/α-hetero) is 1. The number of ketones is 1. The summed E-state index contributed by atoms with van der Waals surface area (Å²) in [5.41, 5.74) is 0.767. The van der Waals surface area contributed by atoms with Gasteiger partial charge in [0.1, 0.15) is 11.5 Å². The molecule has 1 aromatic heterocycles. The van der Waals surface area contributed by atoms with E-state index in [1.54, 1.807) is 55.5 Å². The molecular weight excluding hydrogens is 434 g/mol. The zero-order chi connectivity index (χ0) is 22.8. The summed E-state index contributed by atoms with van der Waals surface area (Å²) in [5, 5.41) is 21.6. The Hall–Kier alpha value is -3.71. The van der Waals surface area contributed by atoms with E-state index in [0.717, 1.165) is 0 Å². The van der Waals surface area contributed by atoms with Crippen molar-refractivity contribution < 1.29 is 29.0 Å². The number of halogens is 1. The molecule has 0 radical (unpaired) electrons. The lowest BCUT2D eigenvalue weighted by Crippen LogP contribution is -2.29. The molecule has 2 aromatic carbocycles. The van der Waals surface area contributed by atoms with Gasteiger partial charge < -0.3 is 24.3 Å². The Labute approximate surface area is 189 Å². The van der Waals surface area contributed by atoms with Crippen molar-refractivity contribution in [3.05, 3.63) is 88.3 Å². The fraction of sp³-hybridized carbons (Fsp3) is 0.167. The average Bonchev–Trinajstić information content (AvgIpc) is 3.38. The normalized spacial score (nSPS) is 17.7. The Morgan fingerprint density at radius 3 is 2.56 bits per heavy atom. The lowest BCUT2D eigenvalue weighted by atomic mass is 9.95. The predicted molar refractivity (Wildman–Crippen MR) is 117 cm³/mol. The van der Waals surface area contributed by atoms with Crippen LogP contribution in [0.4, 0.5) is 0 Å². The molecule has 1 saturated heterocycles. The van der Waals surface area contributed by atoms with Crippen LogP contribution in [-0.2, 0) is 16.1 Å².